The van der Waals surface area contributed by atoms with Gasteiger partial charge in [0.05, 0.1) is 11.8 Å². The third-order valence-electron chi connectivity index (χ3n) is 5.19. The van der Waals surface area contributed by atoms with Gasteiger partial charge in [0.25, 0.3) is 0 Å². The number of rotatable bonds is 4. The first kappa shape index (κ1) is 15.4. The fraction of sp³-hybridized carbons (Fsp3) is 0.562. The van der Waals surface area contributed by atoms with Crippen LogP contribution in [0.4, 0.5) is 5.13 Å². The van der Waals surface area contributed by atoms with Crippen LogP contribution < -0.4 is 5.32 Å². The Kier molecular flexibility index (Phi) is 3.71. The molecule has 0 radical (unpaired) electrons. The summed E-state index contributed by atoms with van der Waals surface area (Å²) < 4.78 is 0. The third kappa shape index (κ3) is 2.45. The lowest BCUT2D eigenvalue weighted by atomic mass is 9.63. The van der Waals surface area contributed by atoms with Crippen LogP contribution in [0.3, 0.4) is 0 Å². The highest BCUT2D eigenvalue weighted by Gasteiger charge is 2.56. The Bertz CT molecular complexity index is 711. The Balaban J connectivity index is 1.39. The van der Waals surface area contributed by atoms with Crippen molar-refractivity contribution in [1.29, 1.82) is 0 Å². The van der Waals surface area contributed by atoms with E-state index in [1.807, 2.05) is 0 Å². The van der Waals surface area contributed by atoms with Crippen LogP contribution in [0.1, 0.15) is 24.3 Å². The summed E-state index contributed by atoms with van der Waals surface area (Å²) in [6, 6.07) is 0. The van der Waals surface area contributed by atoms with Gasteiger partial charge >= 0.3 is 0 Å². The molecule has 24 heavy (non-hydrogen) atoms. The molecule has 3 amide bonds. The zero-order valence-corrected chi connectivity index (χ0v) is 14.1. The summed E-state index contributed by atoms with van der Waals surface area (Å²) in [6.07, 6.45) is 6.22. The Morgan fingerprint density at radius 3 is 2.33 bits per heavy atom. The lowest BCUT2D eigenvalue weighted by molar-refractivity contribution is -0.140. The predicted octanol–water partition coefficient (Wildman–Crippen LogP) is 1.37. The van der Waals surface area contributed by atoms with Crippen LogP contribution in [-0.2, 0) is 14.4 Å². The van der Waals surface area contributed by atoms with Crippen molar-refractivity contribution < 1.29 is 14.4 Å². The minimum absolute atomic E-state index is 0.0817. The summed E-state index contributed by atoms with van der Waals surface area (Å²) in [5.74, 6) is -0.542. The molecule has 8 heteroatoms. The van der Waals surface area contributed by atoms with E-state index in [0.29, 0.717) is 5.13 Å². The molecule has 1 N–H and O–H groups in total. The maximum absolute atomic E-state index is 12.6. The molecule has 4 atom stereocenters. The minimum atomic E-state index is -0.261. The van der Waals surface area contributed by atoms with Crippen LogP contribution in [-0.4, -0.2) is 39.4 Å². The van der Waals surface area contributed by atoms with Crippen molar-refractivity contribution in [1.82, 2.24) is 15.1 Å². The molecule has 4 unspecified atom stereocenters. The fourth-order valence-corrected chi connectivity index (χ4v) is 4.71. The summed E-state index contributed by atoms with van der Waals surface area (Å²) >= 11 is 1.29. The van der Waals surface area contributed by atoms with E-state index in [1.165, 1.54) is 16.2 Å². The van der Waals surface area contributed by atoms with Crippen molar-refractivity contribution in [3.05, 3.63) is 17.2 Å². The summed E-state index contributed by atoms with van der Waals surface area (Å²) in [5.41, 5.74) is 0. The lowest BCUT2D eigenvalue weighted by Gasteiger charge is -2.38. The number of hydrogen-bond acceptors (Lipinski definition) is 6. The average Bonchev–Trinajstić information content (AvgIpc) is 3.10. The number of aryl methyl sites for hydroxylation is 1. The molecular formula is C16H18N4O3S. The number of carbonyl (C=O) groups excluding carboxylic acids is 3. The van der Waals surface area contributed by atoms with Gasteiger partial charge in [-0.25, -0.2) is 0 Å². The molecular weight excluding hydrogens is 328 g/mol. The molecule has 2 bridgehead atoms. The first-order chi connectivity index (χ1) is 11.5. The van der Waals surface area contributed by atoms with Crippen molar-refractivity contribution >= 4 is 34.2 Å². The van der Waals surface area contributed by atoms with E-state index in [2.05, 4.69) is 27.7 Å². The molecule has 2 fully saturated rings. The molecule has 7 nitrogen and oxygen atoms in total. The second-order valence-corrected chi connectivity index (χ2v) is 7.78. The van der Waals surface area contributed by atoms with E-state index in [4.69, 9.17) is 0 Å². The first-order valence-corrected chi connectivity index (χ1v) is 9.00. The number of anilines is 1. The number of nitrogens with one attached hydrogen (secondary N) is 1. The van der Waals surface area contributed by atoms with Gasteiger partial charge < -0.3 is 5.32 Å². The van der Waals surface area contributed by atoms with Crippen molar-refractivity contribution in [2.24, 2.45) is 23.7 Å². The Morgan fingerprint density at radius 2 is 1.83 bits per heavy atom. The van der Waals surface area contributed by atoms with E-state index in [1.54, 1.807) is 6.92 Å². The van der Waals surface area contributed by atoms with E-state index in [9.17, 15) is 14.4 Å². The monoisotopic (exact) mass is 346 g/mol. The molecule has 1 aliphatic heterocycles. The molecule has 1 aromatic rings. The third-order valence-corrected chi connectivity index (χ3v) is 5.94. The Labute approximate surface area is 143 Å². The van der Waals surface area contributed by atoms with Crippen LogP contribution in [0.25, 0.3) is 0 Å². The molecule has 4 aliphatic rings. The zero-order valence-electron chi connectivity index (χ0n) is 13.3. The van der Waals surface area contributed by atoms with Gasteiger partial charge in [-0.05, 0) is 31.6 Å². The van der Waals surface area contributed by atoms with Crippen molar-refractivity contribution in [2.75, 3.05) is 11.9 Å². The number of fused-ring (bicyclic) bond motifs is 1. The number of hydrogen-bond donors (Lipinski definition) is 1. The van der Waals surface area contributed by atoms with Gasteiger partial charge in [-0.2, -0.15) is 0 Å². The highest BCUT2D eigenvalue weighted by Crippen LogP contribution is 2.49. The highest BCUT2D eigenvalue weighted by atomic mass is 32.1. The van der Waals surface area contributed by atoms with Gasteiger partial charge in [-0.15, -0.1) is 10.2 Å². The maximum atomic E-state index is 12.6. The molecule has 3 aliphatic carbocycles. The van der Waals surface area contributed by atoms with E-state index in [-0.39, 0.29) is 54.4 Å². The van der Waals surface area contributed by atoms with Crippen LogP contribution in [0.2, 0.25) is 0 Å². The SMILES string of the molecule is Cc1nnc(NC(=O)CCN2C(=O)C3C4C=CC(CC4)C3C2=O)s1. The van der Waals surface area contributed by atoms with Gasteiger partial charge in [0.2, 0.25) is 22.9 Å². The topological polar surface area (TPSA) is 92.3 Å². The molecule has 0 spiro atoms. The van der Waals surface area contributed by atoms with Crippen LogP contribution >= 0.6 is 11.3 Å². The van der Waals surface area contributed by atoms with Gasteiger partial charge in [0, 0.05) is 13.0 Å². The standard InChI is InChI=1S/C16H18N4O3S/c1-8-18-19-16(24-8)17-11(21)6-7-20-14(22)12-9-2-3-10(5-4-9)13(12)15(20)23/h2-3,9-10,12-13H,4-7H2,1H3,(H,17,19,21). The van der Waals surface area contributed by atoms with Crippen LogP contribution in [0, 0.1) is 30.6 Å². The number of likely N-dealkylation sites (tertiary alicyclic amines) is 1. The zero-order chi connectivity index (χ0) is 16.8. The quantitative estimate of drug-likeness (QED) is 0.657. The number of carbonyl (C=O) groups is 3. The lowest BCUT2D eigenvalue weighted by Crippen LogP contribution is -2.38. The molecule has 1 saturated carbocycles. The maximum Gasteiger partial charge on any atom is 0.233 e. The molecule has 1 saturated heterocycles. The summed E-state index contributed by atoms with van der Waals surface area (Å²) in [6.45, 7) is 1.94. The van der Waals surface area contributed by atoms with Gasteiger partial charge in [0.1, 0.15) is 5.01 Å². The number of imide groups is 1. The van der Waals surface area contributed by atoms with Crippen LogP contribution in [0.15, 0.2) is 12.2 Å². The normalized spacial score (nSPS) is 30.8. The highest BCUT2D eigenvalue weighted by molar-refractivity contribution is 7.15. The molecule has 5 rings (SSSR count). The Hall–Kier alpha value is -2.09. The van der Waals surface area contributed by atoms with Gasteiger partial charge in [-0.3, -0.25) is 19.3 Å². The number of aromatic nitrogens is 2. The average molecular weight is 346 g/mol. The largest absolute Gasteiger partial charge is 0.300 e. The van der Waals surface area contributed by atoms with Crippen molar-refractivity contribution in [3.8, 4) is 0 Å². The smallest absolute Gasteiger partial charge is 0.233 e. The second kappa shape index (κ2) is 5.77. The Morgan fingerprint density at radius 1 is 1.21 bits per heavy atom. The van der Waals surface area contributed by atoms with E-state index >= 15 is 0 Å². The summed E-state index contributed by atoms with van der Waals surface area (Å²) in [5, 5.41) is 11.5. The minimum Gasteiger partial charge on any atom is -0.300 e. The number of allylic oxidation sites excluding steroid dienone is 2. The summed E-state index contributed by atoms with van der Waals surface area (Å²) in [4.78, 5) is 38.6. The van der Waals surface area contributed by atoms with Crippen molar-refractivity contribution in [2.45, 2.75) is 26.2 Å². The first-order valence-electron chi connectivity index (χ1n) is 8.18. The molecule has 2 heterocycles. The van der Waals surface area contributed by atoms with Gasteiger partial charge in [-0.1, -0.05) is 23.5 Å². The van der Waals surface area contributed by atoms with Crippen molar-refractivity contribution in [3.63, 3.8) is 0 Å². The summed E-state index contributed by atoms with van der Waals surface area (Å²) in [7, 11) is 0. The molecule has 1 aromatic heterocycles. The van der Waals surface area contributed by atoms with E-state index < -0.39 is 0 Å². The molecule has 126 valence electrons. The van der Waals surface area contributed by atoms with Gasteiger partial charge in [0.15, 0.2) is 0 Å². The fourth-order valence-electron chi connectivity index (χ4n) is 4.10. The number of nitrogens with zero attached hydrogens (tertiary/aromatic N) is 3. The van der Waals surface area contributed by atoms with E-state index in [0.717, 1.165) is 17.8 Å². The second-order valence-electron chi connectivity index (χ2n) is 6.59. The number of amides is 3. The predicted molar refractivity (Wildman–Crippen MR) is 86.9 cm³/mol. The van der Waals surface area contributed by atoms with Crippen LogP contribution in [0.5, 0.6) is 0 Å². The molecule has 0 aromatic carbocycles.